The number of benzene rings is 6. The van der Waals surface area contributed by atoms with Crippen LogP contribution in [0.2, 0.25) is 0 Å². The zero-order valence-corrected chi connectivity index (χ0v) is 40.0. The highest BCUT2D eigenvalue weighted by atomic mass is 19.4. The van der Waals surface area contributed by atoms with Crippen LogP contribution in [0.5, 0.6) is 0 Å². The molecule has 0 unspecified atom stereocenters. The second-order valence-electron chi connectivity index (χ2n) is 18.1. The lowest BCUT2D eigenvalue weighted by molar-refractivity contribution is -0.687. The van der Waals surface area contributed by atoms with Crippen LogP contribution >= 0.6 is 0 Å². The van der Waals surface area contributed by atoms with Crippen molar-refractivity contribution in [1.82, 2.24) is 0 Å². The quantitative estimate of drug-likeness (QED) is 0.0657. The molecule has 0 aliphatic carbocycles. The number of halogens is 24. The van der Waals surface area contributed by atoms with Gasteiger partial charge < -0.3 is 4.74 Å². The number of ether oxygens (including phenoxy) is 1. The van der Waals surface area contributed by atoms with E-state index in [1.165, 1.54) is 10.8 Å². The van der Waals surface area contributed by atoms with E-state index in [4.69, 9.17) is 4.74 Å². The summed E-state index contributed by atoms with van der Waals surface area (Å²) in [6.07, 6.45) is -50.7. The van der Waals surface area contributed by atoms with E-state index in [1.807, 2.05) is 50.2 Å². The van der Waals surface area contributed by atoms with Crippen LogP contribution in [0.25, 0.3) is 10.8 Å². The van der Waals surface area contributed by atoms with Crippen molar-refractivity contribution in [2.45, 2.75) is 75.9 Å². The van der Waals surface area contributed by atoms with E-state index in [0.717, 1.165) is 12.1 Å². The van der Waals surface area contributed by atoms with E-state index >= 15 is 0 Å². The molecule has 7 rings (SSSR count). The van der Waals surface area contributed by atoms with Crippen LogP contribution in [0, 0.1) is 0 Å². The number of alkyl halides is 24. The molecular formula is C52H32BF24NO2. The predicted molar refractivity (Wildman–Crippen MR) is 240 cm³/mol. The van der Waals surface area contributed by atoms with Crippen molar-refractivity contribution < 1.29 is 119 Å². The van der Waals surface area contributed by atoms with Gasteiger partial charge in [-0.05, 0) is 61.7 Å². The van der Waals surface area contributed by atoms with Gasteiger partial charge in [0.2, 0.25) is 0 Å². The van der Waals surface area contributed by atoms with Crippen molar-refractivity contribution in [3.05, 3.63) is 195 Å². The summed E-state index contributed by atoms with van der Waals surface area (Å²) in [5.41, 5.74) is -28.5. The molecule has 6 aromatic carbocycles. The van der Waals surface area contributed by atoms with Gasteiger partial charge in [-0.3, -0.25) is 0 Å². The minimum Gasteiger partial charge on any atom is -0.459 e. The van der Waals surface area contributed by atoms with Crippen LogP contribution in [0.4, 0.5) is 105 Å². The first-order valence-corrected chi connectivity index (χ1v) is 22.4. The van der Waals surface area contributed by atoms with E-state index in [2.05, 4.69) is 35.2 Å². The van der Waals surface area contributed by atoms with Crippen molar-refractivity contribution in [2.75, 3.05) is 0 Å². The largest absolute Gasteiger partial charge is 0.459 e. The van der Waals surface area contributed by atoms with E-state index in [9.17, 15) is 110 Å². The van der Waals surface area contributed by atoms with Gasteiger partial charge in [-0.25, -0.2) is 9.36 Å². The summed E-state index contributed by atoms with van der Waals surface area (Å²) < 4.78 is 348. The Hall–Kier alpha value is -7.42. The third-order valence-electron chi connectivity index (χ3n) is 12.1. The molecule has 3 nitrogen and oxygen atoms in total. The number of carbonyl (C=O) groups is 1. The molecule has 0 spiro atoms. The van der Waals surface area contributed by atoms with Crippen LogP contribution in [0.3, 0.4) is 0 Å². The normalized spacial score (nSPS) is 13.3. The highest BCUT2D eigenvalue weighted by Crippen LogP contribution is 2.41. The zero-order valence-electron chi connectivity index (χ0n) is 40.0. The minimum absolute atomic E-state index is 0.102. The smallest absolute Gasteiger partial charge is 0.416 e. The second-order valence-corrected chi connectivity index (χ2v) is 18.1. The Labute approximate surface area is 434 Å². The Kier molecular flexibility index (Phi) is 16.7. The third-order valence-corrected chi connectivity index (χ3v) is 12.1. The highest BCUT2D eigenvalue weighted by Gasteiger charge is 2.47. The van der Waals surface area contributed by atoms with Crippen LogP contribution < -0.4 is 26.4 Å². The lowest BCUT2D eigenvalue weighted by Gasteiger charge is -2.46. The van der Waals surface area contributed by atoms with Crippen molar-refractivity contribution in [2.24, 2.45) is 0 Å². The highest BCUT2D eigenvalue weighted by molar-refractivity contribution is 7.20. The Morgan fingerprint density at radius 2 is 0.675 bits per heavy atom. The van der Waals surface area contributed by atoms with Crippen LogP contribution in [0.1, 0.15) is 74.3 Å². The Morgan fingerprint density at radius 1 is 0.400 bits per heavy atom. The molecule has 428 valence electrons. The van der Waals surface area contributed by atoms with Crippen LogP contribution in [-0.2, 0) is 60.7 Å². The maximum Gasteiger partial charge on any atom is 0.416 e. The number of esters is 1. The molecule has 1 heterocycles. The van der Waals surface area contributed by atoms with Crippen molar-refractivity contribution in [3.63, 3.8) is 0 Å². The summed E-state index contributed by atoms with van der Waals surface area (Å²) in [6, 6.07) is 9.19. The average molecular weight is 1170 g/mol. The predicted octanol–water partition coefficient (Wildman–Crippen LogP) is 15.0. The van der Waals surface area contributed by atoms with Gasteiger partial charge in [-0.15, -0.1) is 0 Å². The molecule has 0 amide bonds. The molecule has 0 N–H and O–H groups in total. The van der Waals surface area contributed by atoms with Gasteiger partial charge in [0.1, 0.15) is 6.15 Å². The van der Waals surface area contributed by atoms with Crippen LogP contribution in [0.15, 0.2) is 140 Å². The Morgan fingerprint density at radius 3 is 0.938 bits per heavy atom. The SMILES string of the molecule is CC(C)OC(=O)c1ccc(C[n+]2ccc3ccccc3c2)cc1.FC(F)(F)c1cc([B-](c2cc(C(F)(F)F)cc(C(F)(F)F)c2)(c2cc(C(F)(F)F)cc(C(F)(F)F)c2)c2cc(C(F)(F)F)cc(C(F)(F)F)c2)cc(C(F)(F)F)c1. The van der Waals surface area contributed by atoms with E-state index in [0.29, 0.717) is 5.56 Å². The molecule has 7 aromatic rings. The number of hydrogen-bond acceptors (Lipinski definition) is 2. The van der Waals surface area contributed by atoms with E-state index in [1.54, 1.807) is 0 Å². The van der Waals surface area contributed by atoms with Gasteiger partial charge in [0, 0.05) is 17.0 Å². The van der Waals surface area contributed by atoms with Crippen molar-refractivity contribution in [1.29, 1.82) is 0 Å². The topological polar surface area (TPSA) is 30.2 Å². The van der Waals surface area contributed by atoms with Gasteiger partial charge in [0.25, 0.3) is 0 Å². The van der Waals surface area contributed by atoms with Crippen molar-refractivity contribution in [3.8, 4) is 0 Å². The van der Waals surface area contributed by atoms with E-state index < -0.39 is 195 Å². The summed E-state index contributed by atoms with van der Waals surface area (Å²) >= 11 is 0. The number of nitrogens with zero attached hydrogens (tertiary/aromatic N) is 1. The molecule has 0 radical (unpaired) electrons. The summed E-state index contributed by atoms with van der Waals surface area (Å²) in [4.78, 5) is 11.8. The van der Waals surface area contributed by atoms with Crippen LogP contribution in [-0.4, -0.2) is 18.2 Å². The molecule has 0 saturated heterocycles. The fourth-order valence-corrected chi connectivity index (χ4v) is 8.59. The fraction of sp³-hybridized carbons (Fsp3) is 0.231. The summed E-state index contributed by atoms with van der Waals surface area (Å²) in [6.45, 7) is 4.47. The molecular weight excluding hydrogens is 1140 g/mol. The first-order chi connectivity index (χ1) is 36.4. The Balaban J connectivity index is 0.000000370. The molecule has 0 fully saturated rings. The number of aromatic nitrogens is 1. The zero-order chi connectivity index (χ0) is 60.1. The monoisotopic (exact) mass is 1170 g/mol. The minimum atomic E-state index is -6.13. The number of fused-ring (bicyclic) bond motifs is 1. The number of carbonyl (C=O) groups excluding carboxylic acids is 1. The number of pyridine rings is 1. The maximum atomic E-state index is 14.2. The van der Waals surface area contributed by atoms with Gasteiger partial charge >= 0.3 is 55.4 Å². The number of hydrogen-bond donors (Lipinski definition) is 0. The molecule has 0 aliphatic heterocycles. The first-order valence-electron chi connectivity index (χ1n) is 22.4. The Bertz CT molecular complexity index is 2940. The van der Waals surface area contributed by atoms with Gasteiger partial charge in [0.05, 0.1) is 56.2 Å². The summed E-state index contributed by atoms with van der Waals surface area (Å²) in [5.74, 6) is -0.273. The molecule has 28 heteroatoms. The summed E-state index contributed by atoms with van der Waals surface area (Å²) in [7, 11) is 0. The molecule has 0 atom stereocenters. The molecule has 0 aliphatic rings. The third kappa shape index (κ3) is 14.3. The lowest BCUT2D eigenvalue weighted by atomic mass is 9.12. The molecule has 1 aromatic heterocycles. The maximum absolute atomic E-state index is 14.2. The van der Waals surface area contributed by atoms with Gasteiger partial charge in [0.15, 0.2) is 18.9 Å². The van der Waals surface area contributed by atoms with Crippen molar-refractivity contribution >= 4 is 44.7 Å². The fourth-order valence-electron chi connectivity index (χ4n) is 8.59. The first kappa shape index (κ1) is 61.8. The van der Waals surface area contributed by atoms with E-state index in [-0.39, 0.29) is 12.1 Å². The standard InChI is InChI=1S/C32H12BF24.C20H20NO2/c34-25(35,36)13-1-14(26(37,38)39)6-21(5-13)33(22-7-15(27(40,41)42)2-16(8-22)28(43,44)45,23-9-17(29(46,47)48)3-18(10-23)30(49,50)51)24-11-19(31(52,53)54)4-20(12-24)32(55,56)57;1-15(2)23-20(22)18-9-7-16(8-10-18)13-21-12-11-17-5-3-4-6-19(17)14-21/h1-12H;3-12,14-15H,13H2,1-2H3/q-1;+1. The number of rotatable bonds is 8. The molecule has 0 saturated carbocycles. The molecule has 0 bridgehead atoms. The lowest BCUT2D eigenvalue weighted by Crippen LogP contribution is -2.75. The second kappa shape index (κ2) is 21.6. The average Bonchev–Trinajstić information content (AvgIpc) is 3.32. The van der Waals surface area contributed by atoms with Gasteiger partial charge in [-0.1, -0.05) is 78.9 Å². The van der Waals surface area contributed by atoms with Gasteiger partial charge in [-0.2, -0.15) is 127 Å². The summed E-state index contributed by atoms with van der Waals surface area (Å²) in [5, 5.41) is 2.45. The molecule has 80 heavy (non-hydrogen) atoms.